The van der Waals surface area contributed by atoms with Crippen molar-refractivity contribution in [1.29, 1.82) is 0 Å². The molecule has 4 nitrogen and oxygen atoms in total. The van der Waals surface area contributed by atoms with Gasteiger partial charge in [0.05, 0.1) is 18.1 Å². The molecule has 1 amide bonds. The number of hydrogen-bond acceptors (Lipinski definition) is 4. The van der Waals surface area contributed by atoms with Crippen LogP contribution in [-0.4, -0.2) is 30.9 Å². The van der Waals surface area contributed by atoms with Gasteiger partial charge in [0.25, 0.3) is 0 Å². The van der Waals surface area contributed by atoms with E-state index in [1.807, 2.05) is 13.0 Å². The average Bonchev–Trinajstić information content (AvgIpc) is 2.95. The zero-order chi connectivity index (χ0) is 12.1. The van der Waals surface area contributed by atoms with E-state index in [-0.39, 0.29) is 12.0 Å². The molecule has 2 heterocycles. The molecule has 1 aromatic rings. The fourth-order valence-electron chi connectivity index (χ4n) is 1.75. The monoisotopic (exact) mass is 255 g/mol. The smallest absolute Gasteiger partial charge is 0.230 e. The number of furan rings is 1. The molecule has 2 rings (SSSR count). The highest BCUT2D eigenvalue weighted by Gasteiger charge is 2.16. The first-order chi connectivity index (χ1) is 8.25. The van der Waals surface area contributed by atoms with Gasteiger partial charge in [-0.05, 0) is 25.8 Å². The van der Waals surface area contributed by atoms with E-state index >= 15 is 0 Å². The van der Waals surface area contributed by atoms with Gasteiger partial charge < -0.3 is 14.5 Å². The van der Waals surface area contributed by atoms with Crippen LogP contribution in [0.15, 0.2) is 21.6 Å². The molecule has 0 aromatic carbocycles. The third-order valence-electron chi connectivity index (χ3n) is 2.72. The summed E-state index contributed by atoms with van der Waals surface area (Å²) < 4.78 is 10.6. The third-order valence-corrected chi connectivity index (χ3v) is 3.86. The lowest BCUT2D eigenvalue weighted by molar-refractivity contribution is -0.119. The molecule has 1 N–H and O–H groups in total. The molecule has 1 aliphatic rings. The number of nitrogens with one attached hydrogen (secondary N) is 1. The standard InChI is InChI=1S/C12H17NO3S/c1-9-11(4-6-15-9)17-8-12(14)13-7-10-3-2-5-16-10/h4,6,10H,2-3,5,7-8H2,1H3,(H,13,14). The van der Waals surface area contributed by atoms with Crippen molar-refractivity contribution in [2.45, 2.75) is 30.8 Å². The van der Waals surface area contributed by atoms with Gasteiger partial charge in [0.15, 0.2) is 0 Å². The summed E-state index contributed by atoms with van der Waals surface area (Å²) >= 11 is 1.50. The molecule has 1 aromatic heterocycles. The molecule has 0 radical (unpaired) electrons. The second-order valence-electron chi connectivity index (χ2n) is 4.07. The van der Waals surface area contributed by atoms with Gasteiger partial charge in [0.1, 0.15) is 5.76 Å². The highest BCUT2D eigenvalue weighted by molar-refractivity contribution is 8.00. The molecule has 1 saturated heterocycles. The van der Waals surface area contributed by atoms with E-state index in [0.29, 0.717) is 12.3 Å². The van der Waals surface area contributed by atoms with Crippen LogP contribution in [0.2, 0.25) is 0 Å². The van der Waals surface area contributed by atoms with Gasteiger partial charge in [-0.3, -0.25) is 4.79 Å². The maximum atomic E-state index is 11.6. The molecule has 0 spiro atoms. The highest BCUT2D eigenvalue weighted by Crippen LogP contribution is 2.22. The number of carbonyl (C=O) groups is 1. The Morgan fingerprint density at radius 3 is 3.18 bits per heavy atom. The van der Waals surface area contributed by atoms with Crippen LogP contribution in [0.25, 0.3) is 0 Å². The van der Waals surface area contributed by atoms with Crippen molar-refractivity contribution in [3.63, 3.8) is 0 Å². The van der Waals surface area contributed by atoms with Gasteiger partial charge in [0, 0.05) is 18.0 Å². The van der Waals surface area contributed by atoms with Crippen LogP contribution >= 0.6 is 11.8 Å². The molecule has 94 valence electrons. The van der Waals surface area contributed by atoms with Gasteiger partial charge in [-0.1, -0.05) is 0 Å². The maximum Gasteiger partial charge on any atom is 0.230 e. The van der Waals surface area contributed by atoms with Gasteiger partial charge in [-0.2, -0.15) is 0 Å². The summed E-state index contributed by atoms with van der Waals surface area (Å²) in [5.41, 5.74) is 0. The molecule has 5 heteroatoms. The van der Waals surface area contributed by atoms with Crippen LogP contribution in [0.5, 0.6) is 0 Å². The van der Waals surface area contributed by atoms with Crippen molar-refractivity contribution in [3.8, 4) is 0 Å². The summed E-state index contributed by atoms with van der Waals surface area (Å²) in [6.07, 6.45) is 4.00. The van der Waals surface area contributed by atoms with Crippen molar-refractivity contribution in [2.75, 3.05) is 18.9 Å². The number of ether oxygens (including phenoxy) is 1. The van der Waals surface area contributed by atoms with Crippen molar-refractivity contribution in [2.24, 2.45) is 0 Å². The molecular weight excluding hydrogens is 238 g/mol. The fraction of sp³-hybridized carbons (Fsp3) is 0.583. The summed E-state index contributed by atoms with van der Waals surface area (Å²) in [6, 6.07) is 1.88. The van der Waals surface area contributed by atoms with Gasteiger partial charge in [0.2, 0.25) is 5.91 Å². The molecule has 0 bridgehead atoms. The fourth-order valence-corrected chi connectivity index (χ4v) is 2.54. The average molecular weight is 255 g/mol. The first-order valence-corrected chi connectivity index (χ1v) is 6.79. The Labute approximate surface area is 105 Å². The molecule has 0 aliphatic carbocycles. The number of thioether (sulfide) groups is 1. The Balaban J connectivity index is 1.65. The summed E-state index contributed by atoms with van der Waals surface area (Å²) in [7, 11) is 0. The van der Waals surface area contributed by atoms with Crippen LogP contribution in [0.1, 0.15) is 18.6 Å². The Kier molecular flexibility index (Phi) is 4.50. The van der Waals surface area contributed by atoms with Crippen molar-refractivity contribution < 1.29 is 13.9 Å². The number of hydrogen-bond donors (Lipinski definition) is 1. The minimum Gasteiger partial charge on any atom is -0.468 e. The van der Waals surface area contributed by atoms with E-state index in [4.69, 9.17) is 9.15 Å². The molecular formula is C12H17NO3S. The Hall–Kier alpha value is -0.940. The first-order valence-electron chi connectivity index (χ1n) is 5.81. The minimum atomic E-state index is 0.0473. The van der Waals surface area contributed by atoms with Crippen molar-refractivity contribution in [3.05, 3.63) is 18.1 Å². The van der Waals surface area contributed by atoms with E-state index in [2.05, 4.69) is 5.32 Å². The number of aryl methyl sites for hydroxylation is 1. The molecule has 1 atom stereocenters. The van der Waals surface area contributed by atoms with Crippen molar-refractivity contribution in [1.82, 2.24) is 5.32 Å². The maximum absolute atomic E-state index is 11.6. The van der Waals surface area contributed by atoms with Crippen molar-refractivity contribution >= 4 is 17.7 Å². The summed E-state index contributed by atoms with van der Waals surface area (Å²) in [4.78, 5) is 12.6. The predicted molar refractivity (Wildman–Crippen MR) is 66.2 cm³/mol. The quantitative estimate of drug-likeness (QED) is 0.817. The molecule has 17 heavy (non-hydrogen) atoms. The lowest BCUT2D eigenvalue weighted by atomic mass is 10.2. The second-order valence-corrected chi connectivity index (χ2v) is 5.09. The summed E-state index contributed by atoms with van der Waals surface area (Å²) in [5, 5.41) is 2.89. The van der Waals surface area contributed by atoms with Gasteiger partial charge in [-0.15, -0.1) is 11.8 Å². The van der Waals surface area contributed by atoms with Gasteiger partial charge in [-0.25, -0.2) is 0 Å². The number of rotatable bonds is 5. The lowest BCUT2D eigenvalue weighted by Crippen LogP contribution is -2.32. The van der Waals surface area contributed by atoms with Gasteiger partial charge >= 0.3 is 0 Å². The summed E-state index contributed by atoms with van der Waals surface area (Å²) in [5.74, 6) is 1.33. The molecule has 0 saturated carbocycles. The van der Waals surface area contributed by atoms with E-state index in [9.17, 15) is 4.79 Å². The van der Waals surface area contributed by atoms with Crippen LogP contribution in [0.3, 0.4) is 0 Å². The zero-order valence-corrected chi connectivity index (χ0v) is 10.7. The molecule has 1 aliphatic heterocycles. The lowest BCUT2D eigenvalue weighted by Gasteiger charge is -2.10. The first kappa shape index (κ1) is 12.5. The Morgan fingerprint density at radius 1 is 1.65 bits per heavy atom. The summed E-state index contributed by atoms with van der Waals surface area (Å²) in [6.45, 7) is 3.35. The number of amides is 1. The number of carbonyl (C=O) groups excluding carboxylic acids is 1. The largest absolute Gasteiger partial charge is 0.468 e. The normalized spacial score (nSPS) is 19.5. The van der Waals surface area contributed by atoms with E-state index in [0.717, 1.165) is 30.1 Å². The van der Waals surface area contributed by atoms with E-state index in [1.165, 1.54) is 11.8 Å². The van der Waals surface area contributed by atoms with E-state index in [1.54, 1.807) is 6.26 Å². The van der Waals surface area contributed by atoms with Crippen LogP contribution in [0, 0.1) is 6.92 Å². The SMILES string of the molecule is Cc1occc1SCC(=O)NCC1CCCO1. The topological polar surface area (TPSA) is 51.5 Å². The zero-order valence-electron chi connectivity index (χ0n) is 9.90. The van der Waals surface area contributed by atoms with E-state index < -0.39 is 0 Å². The molecule has 1 unspecified atom stereocenters. The minimum absolute atomic E-state index is 0.0473. The van der Waals surface area contributed by atoms with Crippen LogP contribution < -0.4 is 5.32 Å². The highest BCUT2D eigenvalue weighted by atomic mass is 32.2. The Bertz CT molecular complexity index is 372. The second kappa shape index (κ2) is 6.12. The van der Waals surface area contributed by atoms with Crippen LogP contribution in [-0.2, 0) is 9.53 Å². The Morgan fingerprint density at radius 2 is 2.53 bits per heavy atom. The van der Waals surface area contributed by atoms with Crippen LogP contribution in [0.4, 0.5) is 0 Å². The molecule has 1 fully saturated rings. The predicted octanol–water partition coefficient (Wildman–Crippen LogP) is 1.98. The third kappa shape index (κ3) is 3.78.